The van der Waals surface area contributed by atoms with Crippen molar-refractivity contribution in [2.24, 2.45) is 4.99 Å². The number of aryl methyl sites for hydroxylation is 1. The first-order valence-electron chi connectivity index (χ1n) is 12.6. The van der Waals surface area contributed by atoms with Crippen LogP contribution in [0.1, 0.15) is 43.5 Å². The number of esters is 1. The zero-order chi connectivity index (χ0) is 29.8. The third-order valence-corrected chi connectivity index (χ3v) is 7.46. The predicted molar refractivity (Wildman–Crippen MR) is 155 cm³/mol. The average Bonchev–Trinajstić information content (AvgIpc) is 3.22. The van der Waals surface area contributed by atoms with Crippen LogP contribution in [0.4, 0.5) is 5.69 Å². The Morgan fingerprint density at radius 2 is 2.00 bits per heavy atom. The number of allylic oxidation sites excluding steroid dienone is 1. The quantitative estimate of drug-likeness (QED) is 0.158. The van der Waals surface area contributed by atoms with Gasteiger partial charge in [0, 0.05) is 11.6 Å². The van der Waals surface area contributed by atoms with E-state index in [1.807, 2.05) is 6.92 Å². The highest BCUT2D eigenvalue weighted by molar-refractivity contribution is 7.07. The molecule has 0 amide bonds. The first-order valence-corrected chi connectivity index (χ1v) is 13.8. The number of nitrogens with zero attached hydrogens (tertiary/aromatic N) is 3. The van der Waals surface area contributed by atoms with E-state index in [4.69, 9.17) is 32.2 Å². The number of rotatable bonds is 9. The molecule has 2 heterocycles. The fraction of sp³-hybridized carbons (Fsp3) is 0.276. The van der Waals surface area contributed by atoms with Crippen molar-refractivity contribution >= 4 is 40.7 Å². The first-order chi connectivity index (χ1) is 19.6. The number of hydrogen-bond donors (Lipinski definition) is 0. The molecule has 1 aliphatic heterocycles. The van der Waals surface area contributed by atoms with Gasteiger partial charge in [0.1, 0.15) is 6.61 Å². The Morgan fingerprint density at radius 1 is 1.24 bits per heavy atom. The summed E-state index contributed by atoms with van der Waals surface area (Å²) in [6.07, 6.45) is 6.94. The van der Waals surface area contributed by atoms with E-state index in [2.05, 4.69) is 10.9 Å². The van der Waals surface area contributed by atoms with Gasteiger partial charge in [-0.1, -0.05) is 41.0 Å². The molecule has 12 heteroatoms. The van der Waals surface area contributed by atoms with E-state index in [0.717, 1.165) is 11.3 Å². The molecule has 1 aliphatic rings. The number of thiazole rings is 1. The number of carbonyl (C=O) groups is 1. The van der Waals surface area contributed by atoms with Gasteiger partial charge in [0.05, 0.1) is 45.0 Å². The monoisotopic (exact) mass is 595 g/mol. The summed E-state index contributed by atoms with van der Waals surface area (Å²) in [4.78, 5) is 43.1. The van der Waals surface area contributed by atoms with Crippen molar-refractivity contribution in [3.05, 3.63) is 93.1 Å². The number of nitro groups is 1. The first kappa shape index (κ1) is 29.6. The molecule has 0 saturated heterocycles. The molecule has 0 N–H and O–H groups in total. The van der Waals surface area contributed by atoms with Gasteiger partial charge in [0.2, 0.25) is 0 Å². The van der Waals surface area contributed by atoms with Crippen LogP contribution in [-0.4, -0.2) is 35.3 Å². The molecule has 0 radical (unpaired) electrons. The standard InChI is InChI=1S/C29H26ClN3O7S/c1-6-11-40-26-20(30)12-18(13-22(26)38-7-2)14-23-27(34)32-25(19-10-9-16(4)21(15-19)33(36)37)24(28(35)39-8-3)17(5)31-29(32)41-23/h1,9-10,12-15,25H,7-8,11H2,2-5H3. The minimum absolute atomic E-state index is 0.00291. The molecule has 41 heavy (non-hydrogen) atoms. The van der Waals surface area contributed by atoms with Gasteiger partial charge in [0.15, 0.2) is 16.3 Å². The molecular weight excluding hydrogens is 570 g/mol. The zero-order valence-electron chi connectivity index (χ0n) is 22.7. The Balaban J connectivity index is 1.94. The molecule has 0 saturated carbocycles. The molecule has 0 fully saturated rings. The fourth-order valence-corrected chi connectivity index (χ4v) is 5.76. The molecule has 3 aromatic rings. The average molecular weight is 596 g/mol. The SMILES string of the molecule is C#CCOc1c(Cl)cc(C=c2sc3n(c2=O)C(c2ccc(C)c([N+](=O)[O-])c2)C(C(=O)OCC)=C(C)N=3)cc1OCC. The maximum absolute atomic E-state index is 13.9. The molecule has 2 aromatic carbocycles. The molecule has 1 aromatic heterocycles. The van der Waals surface area contributed by atoms with Crippen molar-refractivity contribution in [2.45, 2.75) is 33.7 Å². The highest BCUT2D eigenvalue weighted by Crippen LogP contribution is 2.37. The van der Waals surface area contributed by atoms with Crippen LogP contribution >= 0.6 is 22.9 Å². The minimum atomic E-state index is -0.992. The Labute approximate surface area is 244 Å². The van der Waals surface area contributed by atoms with Gasteiger partial charge in [-0.3, -0.25) is 19.5 Å². The Morgan fingerprint density at radius 3 is 2.66 bits per heavy atom. The lowest BCUT2D eigenvalue weighted by Crippen LogP contribution is -2.40. The van der Waals surface area contributed by atoms with Crippen LogP contribution in [0.15, 0.2) is 51.4 Å². The van der Waals surface area contributed by atoms with Gasteiger partial charge in [-0.15, -0.1) is 6.42 Å². The highest BCUT2D eigenvalue weighted by Gasteiger charge is 2.34. The number of hydrogen-bond acceptors (Lipinski definition) is 9. The Kier molecular flexibility index (Phi) is 8.95. The summed E-state index contributed by atoms with van der Waals surface area (Å²) in [5, 5.41) is 12.0. The molecule has 212 valence electrons. The maximum Gasteiger partial charge on any atom is 0.338 e. The molecule has 1 unspecified atom stereocenters. The third kappa shape index (κ3) is 5.89. The van der Waals surface area contributed by atoms with Crippen molar-refractivity contribution in [1.29, 1.82) is 0 Å². The number of halogens is 1. The number of ether oxygens (including phenoxy) is 3. The van der Waals surface area contributed by atoms with Crippen LogP contribution in [0.5, 0.6) is 11.5 Å². The highest BCUT2D eigenvalue weighted by atomic mass is 35.5. The van der Waals surface area contributed by atoms with Crippen LogP contribution in [-0.2, 0) is 9.53 Å². The number of nitro benzene ring substituents is 1. The summed E-state index contributed by atoms with van der Waals surface area (Å²) in [6, 6.07) is 6.92. The Bertz CT molecular complexity index is 1800. The van der Waals surface area contributed by atoms with Crippen molar-refractivity contribution in [1.82, 2.24) is 4.57 Å². The van der Waals surface area contributed by atoms with E-state index in [9.17, 15) is 19.7 Å². The topological polar surface area (TPSA) is 122 Å². The van der Waals surface area contributed by atoms with Crippen LogP contribution in [0.25, 0.3) is 6.08 Å². The van der Waals surface area contributed by atoms with E-state index < -0.39 is 22.5 Å². The Hall–Kier alpha value is -4.40. The lowest BCUT2D eigenvalue weighted by molar-refractivity contribution is -0.385. The van der Waals surface area contributed by atoms with Crippen LogP contribution in [0.2, 0.25) is 5.02 Å². The molecule has 4 rings (SSSR count). The van der Waals surface area contributed by atoms with E-state index in [1.54, 1.807) is 51.1 Å². The summed E-state index contributed by atoms with van der Waals surface area (Å²) in [7, 11) is 0. The summed E-state index contributed by atoms with van der Waals surface area (Å²) in [6.45, 7) is 7.17. The molecule has 10 nitrogen and oxygen atoms in total. The van der Waals surface area contributed by atoms with Crippen LogP contribution < -0.4 is 24.4 Å². The lowest BCUT2D eigenvalue weighted by Gasteiger charge is -2.24. The third-order valence-electron chi connectivity index (χ3n) is 6.19. The smallest absolute Gasteiger partial charge is 0.338 e. The van der Waals surface area contributed by atoms with Gasteiger partial charge in [-0.05, 0) is 57.0 Å². The summed E-state index contributed by atoms with van der Waals surface area (Å²) in [5.41, 5.74) is 1.28. The number of aromatic nitrogens is 1. The largest absolute Gasteiger partial charge is 0.490 e. The number of carbonyl (C=O) groups excluding carboxylic acids is 1. The second-order valence-corrected chi connectivity index (χ2v) is 10.3. The van der Waals surface area contributed by atoms with Gasteiger partial charge >= 0.3 is 5.97 Å². The fourth-order valence-electron chi connectivity index (χ4n) is 4.44. The van der Waals surface area contributed by atoms with Crippen molar-refractivity contribution in [3.8, 4) is 23.8 Å². The molecular formula is C29H26ClN3O7S. The molecule has 0 spiro atoms. The van der Waals surface area contributed by atoms with Crippen molar-refractivity contribution < 1.29 is 23.9 Å². The van der Waals surface area contributed by atoms with Gasteiger partial charge in [-0.25, -0.2) is 9.79 Å². The van der Waals surface area contributed by atoms with Crippen molar-refractivity contribution in [3.63, 3.8) is 0 Å². The summed E-state index contributed by atoms with van der Waals surface area (Å²) < 4.78 is 18.2. The number of benzene rings is 2. The van der Waals surface area contributed by atoms with Crippen molar-refractivity contribution in [2.75, 3.05) is 19.8 Å². The normalized spacial score (nSPS) is 14.6. The number of terminal acetylenes is 1. The van der Waals surface area contributed by atoms with E-state index >= 15 is 0 Å². The molecule has 0 bridgehead atoms. The summed E-state index contributed by atoms with van der Waals surface area (Å²) >= 11 is 7.58. The van der Waals surface area contributed by atoms with E-state index in [1.165, 1.54) is 10.6 Å². The van der Waals surface area contributed by atoms with Gasteiger partial charge in [0.25, 0.3) is 11.2 Å². The zero-order valence-corrected chi connectivity index (χ0v) is 24.3. The van der Waals surface area contributed by atoms with Crippen LogP contribution in [0.3, 0.4) is 0 Å². The summed E-state index contributed by atoms with van der Waals surface area (Å²) in [5.74, 6) is 2.38. The van der Waals surface area contributed by atoms with E-state index in [-0.39, 0.29) is 29.5 Å². The van der Waals surface area contributed by atoms with Crippen LogP contribution in [0, 0.1) is 29.4 Å². The maximum atomic E-state index is 13.9. The lowest BCUT2D eigenvalue weighted by atomic mass is 9.94. The molecule has 0 aliphatic carbocycles. The second kappa shape index (κ2) is 12.4. The van der Waals surface area contributed by atoms with E-state index in [0.29, 0.717) is 49.8 Å². The second-order valence-electron chi connectivity index (χ2n) is 8.86. The van der Waals surface area contributed by atoms with Gasteiger partial charge in [-0.2, -0.15) is 0 Å². The number of fused-ring (bicyclic) bond motifs is 1. The molecule has 1 atom stereocenters. The minimum Gasteiger partial charge on any atom is -0.490 e. The van der Waals surface area contributed by atoms with Gasteiger partial charge < -0.3 is 14.2 Å². The predicted octanol–water partition coefficient (Wildman–Crippen LogP) is 4.08.